The third-order valence-corrected chi connectivity index (χ3v) is 3.60. The van der Waals surface area contributed by atoms with Gasteiger partial charge in [0, 0.05) is 18.8 Å². The fourth-order valence-corrected chi connectivity index (χ4v) is 2.56. The van der Waals surface area contributed by atoms with Crippen LogP contribution in [0, 0.1) is 0 Å². The summed E-state index contributed by atoms with van der Waals surface area (Å²) in [7, 11) is 1.92. The Kier molecular flexibility index (Phi) is 4.10. The summed E-state index contributed by atoms with van der Waals surface area (Å²) >= 11 is 0. The van der Waals surface area contributed by atoms with Crippen LogP contribution in [0.1, 0.15) is 24.9 Å². The molecule has 0 spiro atoms. The van der Waals surface area contributed by atoms with Crippen molar-refractivity contribution in [1.29, 1.82) is 0 Å². The molecule has 3 rings (SSSR count). The Balaban J connectivity index is 1.81. The second-order valence-corrected chi connectivity index (χ2v) is 5.29. The number of nitrogens with one attached hydrogen (secondary N) is 1. The summed E-state index contributed by atoms with van der Waals surface area (Å²) in [5.41, 5.74) is 1.12. The highest BCUT2D eigenvalue weighted by molar-refractivity contribution is 5.41. The van der Waals surface area contributed by atoms with Crippen LogP contribution in [0.15, 0.2) is 36.7 Å². The minimum atomic E-state index is -0.0596. The molecule has 112 valence electrons. The Hall–Kier alpha value is -2.01. The highest BCUT2D eigenvalue weighted by atomic mass is 16.6. The molecular formula is C16H21N3O2. The minimum absolute atomic E-state index is 0.0596. The van der Waals surface area contributed by atoms with Crippen LogP contribution < -0.4 is 14.8 Å². The predicted octanol–water partition coefficient (Wildman–Crippen LogP) is 2.30. The number of ether oxygens (including phenoxy) is 2. The van der Waals surface area contributed by atoms with Crippen molar-refractivity contribution in [2.24, 2.45) is 7.05 Å². The Morgan fingerprint density at radius 2 is 2.19 bits per heavy atom. The molecule has 21 heavy (non-hydrogen) atoms. The van der Waals surface area contributed by atoms with E-state index in [1.165, 1.54) is 0 Å². The third kappa shape index (κ3) is 3.03. The van der Waals surface area contributed by atoms with E-state index in [4.69, 9.17) is 9.47 Å². The molecule has 5 nitrogen and oxygen atoms in total. The molecule has 0 fully saturated rings. The average molecular weight is 287 g/mol. The summed E-state index contributed by atoms with van der Waals surface area (Å²) in [5.74, 6) is 1.62. The molecule has 5 heteroatoms. The fraction of sp³-hybridized carbons (Fsp3) is 0.438. The quantitative estimate of drug-likeness (QED) is 0.916. The van der Waals surface area contributed by atoms with Gasteiger partial charge < -0.3 is 14.8 Å². The first-order chi connectivity index (χ1) is 10.3. The average Bonchev–Trinajstić information content (AvgIpc) is 2.94. The lowest BCUT2D eigenvalue weighted by Gasteiger charge is -2.32. The summed E-state index contributed by atoms with van der Waals surface area (Å²) in [6.45, 7) is 3.62. The van der Waals surface area contributed by atoms with E-state index in [2.05, 4.69) is 17.3 Å². The van der Waals surface area contributed by atoms with Crippen molar-refractivity contribution in [3.8, 4) is 11.5 Å². The van der Waals surface area contributed by atoms with Gasteiger partial charge in [-0.1, -0.05) is 19.1 Å². The van der Waals surface area contributed by atoms with Crippen LogP contribution in [0.2, 0.25) is 0 Å². The largest absolute Gasteiger partial charge is 0.486 e. The number of para-hydroxylation sites is 2. The van der Waals surface area contributed by atoms with Gasteiger partial charge in [-0.05, 0) is 25.1 Å². The monoisotopic (exact) mass is 287 g/mol. The maximum atomic E-state index is 6.13. The molecule has 0 radical (unpaired) electrons. The SMILES string of the molecule is CCCNC(c1cnn(C)c1)C1COc2ccccc2O1. The van der Waals surface area contributed by atoms with Crippen molar-refractivity contribution in [2.75, 3.05) is 13.2 Å². The molecule has 2 aromatic rings. The molecule has 0 saturated heterocycles. The summed E-state index contributed by atoms with van der Waals surface area (Å²) in [4.78, 5) is 0. The molecule has 1 aromatic heterocycles. The Bertz CT molecular complexity index is 597. The summed E-state index contributed by atoms with van der Waals surface area (Å²) in [6, 6.07) is 7.87. The van der Waals surface area contributed by atoms with Crippen LogP contribution >= 0.6 is 0 Å². The number of nitrogens with zero attached hydrogens (tertiary/aromatic N) is 2. The molecule has 1 N–H and O–H groups in total. The van der Waals surface area contributed by atoms with Crippen molar-refractivity contribution < 1.29 is 9.47 Å². The van der Waals surface area contributed by atoms with Gasteiger partial charge >= 0.3 is 0 Å². The van der Waals surface area contributed by atoms with Crippen LogP contribution in [0.3, 0.4) is 0 Å². The van der Waals surface area contributed by atoms with Crippen LogP contribution in [0.4, 0.5) is 0 Å². The van der Waals surface area contributed by atoms with E-state index < -0.39 is 0 Å². The molecule has 1 aliphatic heterocycles. The second kappa shape index (κ2) is 6.18. The first-order valence-electron chi connectivity index (χ1n) is 7.38. The van der Waals surface area contributed by atoms with E-state index in [-0.39, 0.29) is 12.1 Å². The van der Waals surface area contributed by atoms with E-state index in [1.54, 1.807) is 0 Å². The van der Waals surface area contributed by atoms with Crippen LogP contribution in [0.25, 0.3) is 0 Å². The van der Waals surface area contributed by atoms with Crippen molar-refractivity contribution in [3.05, 3.63) is 42.2 Å². The normalized spacial score (nSPS) is 18.5. The van der Waals surface area contributed by atoms with Crippen molar-refractivity contribution in [3.63, 3.8) is 0 Å². The first-order valence-corrected chi connectivity index (χ1v) is 7.38. The standard InChI is InChI=1S/C16H21N3O2/c1-3-8-17-16(12-9-18-19(2)10-12)15-11-20-13-6-4-5-7-14(13)21-15/h4-7,9-10,15-17H,3,8,11H2,1-2H3. The lowest BCUT2D eigenvalue weighted by atomic mass is 10.0. The lowest BCUT2D eigenvalue weighted by Crippen LogP contribution is -2.41. The third-order valence-electron chi connectivity index (χ3n) is 3.60. The molecule has 0 saturated carbocycles. The topological polar surface area (TPSA) is 48.3 Å². The summed E-state index contributed by atoms with van der Waals surface area (Å²) in [5, 5.41) is 7.81. The molecule has 0 aliphatic carbocycles. The number of hydrogen-bond donors (Lipinski definition) is 1. The zero-order valence-electron chi connectivity index (χ0n) is 12.5. The number of hydrogen-bond acceptors (Lipinski definition) is 4. The maximum absolute atomic E-state index is 6.13. The van der Waals surface area contributed by atoms with Gasteiger partial charge in [0.15, 0.2) is 17.6 Å². The number of benzene rings is 1. The highest BCUT2D eigenvalue weighted by Gasteiger charge is 2.30. The summed E-state index contributed by atoms with van der Waals surface area (Å²) in [6.07, 6.45) is 4.92. The van der Waals surface area contributed by atoms with E-state index >= 15 is 0 Å². The first kappa shape index (κ1) is 13.9. The van der Waals surface area contributed by atoms with E-state index in [0.29, 0.717) is 6.61 Å². The van der Waals surface area contributed by atoms with Crippen molar-refractivity contribution >= 4 is 0 Å². The molecule has 0 bridgehead atoms. The van der Waals surface area contributed by atoms with Gasteiger partial charge in [-0.15, -0.1) is 0 Å². The molecule has 1 aromatic carbocycles. The maximum Gasteiger partial charge on any atom is 0.161 e. The minimum Gasteiger partial charge on any atom is -0.486 e. The van der Waals surface area contributed by atoms with E-state index in [0.717, 1.165) is 30.0 Å². The van der Waals surface area contributed by atoms with Gasteiger partial charge in [0.05, 0.1) is 12.2 Å². The van der Waals surface area contributed by atoms with Gasteiger partial charge in [-0.25, -0.2) is 0 Å². The lowest BCUT2D eigenvalue weighted by molar-refractivity contribution is 0.0617. The molecule has 0 amide bonds. The number of fused-ring (bicyclic) bond motifs is 1. The predicted molar refractivity (Wildman–Crippen MR) is 80.6 cm³/mol. The molecule has 2 heterocycles. The molecular weight excluding hydrogens is 266 g/mol. The zero-order valence-corrected chi connectivity index (χ0v) is 12.5. The van der Waals surface area contributed by atoms with Gasteiger partial charge in [-0.3, -0.25) is 4.68 Å². The number of aromatic nitrogens is 2. The Morgan fingerprint density at radius 1 is 1.38 bits per heavy atom. The van der Waals surface area contributed by atoms with Crippen molar-refractivity contribution in [1.82, 2.24) is 15.1 Å². The van der Waals surface area contributed by atoms with Gasteiger partial charge in [0.2, 0.25) is 0 Å². The van der Waals surface area contributed by atoms with Crippen molar-refractivity contribution in [2.45, 2.75) is 25.5 Å². The molecule has 2 unspecified atom stereocenters. The second-order valence-electron chi connectivity index (χ2n) is 5.29. The van der Waals surface area contributed by atoms with Gasteiger partial charge in [-0.2, -0.15) is 5.10 Å². The molecule has 1 aliphatic rings. The van der Waals surface area contributed by atoms with Gasteiger partial charge in [0.25, 0.3) is 0 Å². The van der Waals surface area contributed by atoms with Crippen LogP contribution in [-0.2, 0) is 7.05 Å². The van der Waals surface area contributed by atoms with E-state index in [9.17, 15) is 0 Å². The smallest absolute Gasteiger partial charge is 0.161 e. The fourth-order valence-electron chi connectivity index (χ4n) is 2.56. The zero-order chi connectivity index (χ0) is 14.7. The van der Waals surface area contributed by atoms with Crippen LogP contribution in [-0.4, -0.2) is 29.0 Å². The van der Waals surface area contributed by atoms with Gasteiger partial charge in [0.1, 0.15) is 6.61 Å². The van der Waals surface area contributed by atoms with E-state index in [1.807, 2.05) is 48.4 Å². The number of rotatable bonds is 5. The van der Waals surface area contributed by atoms with Crippen LogP contribution in [0.5, 0.6) is 11.5 Å². The Labute approximate surface area is 124 Å². The highest BCUT2D eigenvalue weighted by Crippen LogP contribution is 2.34. The molecule has 2 atom stereocenters. The Morgan fingerprint density at radius 3 is 2.90 bits per heavy atom. The summed E-state index contributed by atoms with van der Waals surface area (Å²) < 4.78 is 13.8. The number of aryl methyl sites for hydroxylation is 1.